The molecule has 0 bridgehead atoms. The van der Waals surface area contributed by atoms with E-state index in [1.165, 1.54) is 0 Å². The second kappa shape index (κ2) is 4.80. The lowest BCUT2D eigenvalue weighted by molar-refractivity contribution is -0.108. The normalized spacial score (nSPS) is 12.2. The van der Waals surface area contributed by atoms with Crippen LogP contribution in [0.4, 0.5) is 0 Å². The van der Waals surface area contributed by atoms with E-state index in [1.54, 1.807) is 7.11 Å². The average molecular weight is 192 g/mol. The number of hydrogen-bond donors (Lipinski definition) is 0. The summed E-state index contributed by atoms with van der Waals surface area (Å²) in [6.07, 6.45) is 1.52. The molecule has 0 saturated heterocycles. The van der Waals surface area contributed by atoms with Crippen LogP contribution in [0.1, 0.15) is 30.4 Å². The Balaban J connectivity index is 2.93. The van der Waals surface area contributed by atoms with Crippen molar-refractivity contribution in [2.75, 3.05) is 7.11 Å². The maximum atomic E-state index is 10.4. The molecule has 1 atom stereocenters. The Hall–Kier alpha value is -1.31. The van der Waals surface area contributed by atoms with Crippen molar-refractivity contribution in [2.24, 2.45) is 0 Å². The van der Waals surface area contributed by atoms with Gasteiger partial charge in [-0.15, -0.1) is 0 Å². The zero-order chi connectivity index (χ0) is 10.6. The molecule has 0 spiro atoms. The summed E-state index contributed by atoms with van der Waals surface area (Å²) in [5.74, 6) is 1.15. The van der Waals surface area contributed by atoms with E-state index in [0.29, 0.717) is 6.42 Å². The first-order valence-corrected chi connectivity index (χ1v) is 4.77. The quantitative estimate of drug-likeness (QED) is 0.685. The zero-order valence-electron chi connectivity index (χ0n) is 8.91. The molecule has 0 radical (unpaired) electrons. The fraction of sp³-hybridized carbons (Fsp3) is 0.417. The molecule has 0 aliphatic rings. The van der Waals surface area contributed by atoms with Crippen molar-refractivity contribution in [3.8, 4) is 5.75 Å². The van der Waals surface area contributed by atoms with Crippen molar-refractivity contribution in [1.82, 2.24) is 0 Å². The highest BCUT2D eigenvalue weighted by molar-refractivity contribution is 5.52. The molecule has 14 heavy (non-hydrogen) atoms. The van der Waals surface area contributed by atoms with Crippen molar-refractivity contribution in [1.29, 1.82) is 0 Å². The Morgan fingerprint density at radius 2 is 2.21 bits per heavy atom. The van der Waals surface area contributed by atoms with Crippen LogP contribution in [0.25, 0.3) is 0 Å². The van der Waals surface area contributed by atoms with E-state index < -0.39 is 0 Å². The Kier molecular flexibility index (Phi) is 3.69. The summed E-state index contributed by atoms with van der Waals surface area (Å²) in [6, 6.07) is 6.07. The molecular weight excluding hydrogens is 176 g/mol. The van der Waals surface area contributed by atoms with E-state index in [9.17, 15) is 4.79 Å². The number of ether oxygens (including phenoxy) is 1. The molecule has 0 N–H and O–H groups in total. The summed E-state index contributed by atoms with van der Waals surface area (Å²) in [6.45, 7) is 4.05. The van der Waals surface area contributed by atoms with Gasteiger partial charge in [0.1, 0.15) is 12.0 Å². The third kappa shape index (κ3) is 2.34. The molecule has 0 aromatic heterocycles. The number of rotatable bonds is 4. The molecule has 0 fully saturated rings. The molecule has 1 aromatic carbocycles. The molecule has 0 aliphatic carbocycles. The van der Waals surface area contributed by atoms with Crippen LogP contribution in [0.15, 0.2) is 18.2 Å². The molecule has 76 valence electrons. The third-order valence-corrected chi connectivity index (χ3v) is 2.45. The van der Waals surface area contributed by atoms with Gasteiger partial charge in [-0.2, -0.15) is 0 Å². The summed E-state index contributed by atoms with van der Waals surface area (Å²) in [4.78, 5) is 10.4. The fourth-order valence-electron chi connectivity index (χ4n) is 1.42. The van der Waals surface area contributed by atoms with Crippen molar-refractivity contribution in [3.63, 3.8) is 0 Å². The molecule has 0 heterocycles. The largest absolute Gasteiger partial charge is 0.496 e. The van der Waals surface area contributed by atoms with Gasteiger partial charge in [0, 0.05) is 6.42 Å². The lowest BCUT2D eigenvalue weighted by Crippen LogP contribution is -1.96. The number of aldehydes is 1. The van der Waals surface area contributed by atoms with Crippen molar-refractivity contribution in [3.05, 3.63) is 29.3 Å². The highest BCUT2D eigenvalue weighted by Crippen LogP contribution is 2.25. The molecule has 1 rings (SSSR count). The lowest BCUT2D eigenvalue weighted by atomic mass is 9.97. The van der Waals surface area contributed by atoms with Crippen LogP contribution in [0.5, 0.6) is 5.75 Å². The van der Waals surface area contributed by atoms with Crippen LogP contribution in [-0.2, 0) is 4.79 Å². The summed E-state index contributed by atoms with van der Waals surface area (Å²) in [5.41, 5.74) is 2.27. The standard InChI is InChI=1S/C12H16O2/c1-9(6-7-13)11-5-4-10(2)12(8-11)14-3/h4-5,7-9H,6H2,1-3H3. The second-order valence-corrected chi connectivity index (χ2v) is 3.53. The smallest absolute Gasteiger partial charge is 0.122 e. The average Bonchev–Trinajstić information content (AvgIpc) is 2.19. The van der Waals surface area contributed by atoms with Gasteiger partial charge >= 0.3 is 0 Å². The van der Waals surface area contributed by atoms with Crippen molar-refractivity contribution in [2.45, 2.75) is 26.2 Å². The van der Waals surface area contributed by atoms with E-state index in [-0.39, 0.29) is 5.92 Å². The molecule has 0 amide bonds. The Bertz CT molecular complexity index is 318. The minimum atomic E-state index is 0.266. The number of carbonyl (C=O) groups is 1. The maximum Gasteiger partial charge on any atom is 0.122 e. The summed E-state index contributed by atoms with van der Waals surface area (Å²) in [7, 11) is 1.66. The van der Waals surface area contributed by atoms with Crippen molar-refractivity contribution >= 4 is 6.29 Å². The van der Waals surface area contributed by atoms with E-state index >= 15 is 0 Å². The van der Waals surface area contributed by atoms with Crippen LogP contribution in [0.2, 0.25) is 0 Å². The van der Waals surface area contributed by atoms with Gasteiger partial charge in [-0.3, -0.25) is 0 Å². The first-order valence-electron chi connectivity index (χ1n) is 4.77. The molecule has 1 aromatic rings. The van der Waals surface area contributed by atoms with Crippen LogP contribution in [0.3, 0.4) is 0 Å². The molecule has 2 heteroatoms. The zero-order valence-corrected chi connectivity index (χ0v) is 8.91. The predicted molar refractivity (Wildman–Crippen MR) is 56.8 cm³/mol. The third-order valence-electron chi connectivity index (χ3n) is 2.45. The van der Waals surface area contributed by atoms with Gasteiger partial charge in [0.05, 0.1) is 7.11 Å². The van der Waals surface area contributed by atoms with Gasteiger partial charge < -0.3 is 9.53 Å². The van der Waals surface area contributed by atoms with Gasteiger partial charge in [0.15, 0.2) is 0 Å². The Morgan fingerprint density at radius 3 is 2.79 bits per heavy atom. The summed E-state index contributed by atoms with van der Waals surface area (Å²) in [5, 5.41) is 0. The highest BCUT2D eigenvalue weighted by atomic mass is 16.5. The number of aryl methyl sites for hydroxylation is 1. The molecule has 0 aliphatic heterocycles. The van der Waals surface area contributed by atoms with E-state index in [2.05, 4.69) is 0 Å². The lowest BCUT2D eigenvalue weighted by Gasteiger charge is -2.11. The van der Waals surface area contributed by atoms with Gasteiger partial charge in [0.2, 0.25) is 0 Å². The van der Waals surface area contributed by atoms with E-state index in [0.717, 1.165) is 23.2 Å². The van der Waals surface area contributed by atoms with Crippen LogP contribution in [0, 0.1) is 6.92 Å². The molecule has 0 saturated carbocycles. The van der Waals surface area contributed by atoms with Crippen LogP contribution < -0.4 is 4.74 Å². The maximum absolute atomic E-state index is 10.4. The van der Waals surface area contributed by atoms with Gasteiger partial charge in [0.25, 0.3) is 0 Å². The molecule has 2 nitrogen and oxygen atoms in total. The first-order chi connectivity index (χ1) is 6.69. The minimum Gasteiger partial charge on any atom is -0.496 e. The topological polar surface area (TPSA) is 26.3 Å². The highest BCUT2D eigenvalue weighted by Gasteiger charge is 2.07. The number of methoxy groups -OCH3 is 1. The van der Waals surface area contributed by atoms with Gasteiger partial charge in [-0.05, 0) is 30.0 Å². The Morgan fingerprint density at radius 1 is 1.50 bits per heavy atom. The minimum absolute atomic E-state index is 0.266. The van der Waals surface area contributed by atoms with E-state index in [4.69, 9.17) is 4.74 Å². The number of hydrogen-bond acceptors (Lipinski definition) is 2. The number of carbonyl (C=O) groups excluding carboxylic acids is 1. The number of benzene rings is 1. The molecule has 1 unspecified atom stereocenters. The van der Waals surface area contributed by atoms with Gasteiger partial charge in [-0.25, -0.2) is 0 Å². The fourth-order valence-corrected chi connectivity index (χ4v) is 1.42. The SMILES string of the molecule is COc1cc(C(C)CC=O)ccc1C. The monoisotopic (exact) mass is 192 g/mol. The molecular formula is C12H16O2. The van der Waals surface area contributed by atoms with Crippen LogP contribution in [-0.4, -0.2) is 13.4 Å². The Labute approximate surface area is 84.9 Å². The second-order valence-electron chi connectivity index (χ2n) is 3.53. The van der Waals surface area contributed by atoms with Crippen molar-refractivity contribution < 1.29 is 9.53 Å². The van der Waals surface area contributed by atoms with Gasteiger partial charge in [-0.1, -0.05) is 19.1 Å². The first kappa shape index (κ1) is 10.8. The summed E-state index contributed by atoms with van der Waals surface area (Å²) < 4.78 is 5.23. The predicted octanol–water partition coefficient (Wildman–Crippen LogP) is 2.70. The van der Waals surface area contributed by atoms with E-state index in [1.807, 2.05) is 32.0 Å². The summed E-state index contributed by atoms with van der Waals surface area (Å²) >= 11 is 0. The van der Waals surface area contributed by atoms with Crippen LogP contribution >= 0.6 is 0 Å².